The third-order valence-electron chi connectivity index (χ3n) is 11.5. The monoisotopic (exact) mass is 1000 g/mol. The van der Waals surface area contributed by atoms with Crippen molar-refractivity contribution in [2.45, 2.75) is 153 Å². The second-order valence-corrected chi connectivity index (χ2v) is 22.0. The van der Waals surface area contributed by atoms with E-state index in [1.165, 1.54) is 21.8 Å². The quantitative estimate of drug-likeness (QED) is 0.0627. The van der Waals surface area contributed by atoms with Crippen LogP contribution in [-0.2, 0) is 19.1 Å². The minimum atomic E-state index is -0.788. The number of aliphatic hydroxyl groups excluding tert-OH is 1. The van der Waals surface area contributed by atoms with Crippen LogP contribution in [-0.4, -0.2) is 78.8 Å². The van der Waals surface area contributed by atoms with Gasteiger partial charge in [0.25, 0.3) is 0 Å². The fourth-order valence-electron chi connectivity index (χ4n) is 8.07. The van der Waals surface area contributed by atoms with E-state index in [1.807, 2.05) is 98.7 Å². The Balaban J connectivity index is 0.000000260. The van der Waals surface area contributed by atoms with Gasteiger partial charge in [0.05, 0.1) is 24.3 Å². The van der Waals surface area contributed by atoms with Gasteiger partial charge in [0, 0.05) is 38.6 Å². The number of unbranched alkanes of at least 4 members (excludes halogenated alkanes) is 1. The van der Waals surface area contributed by atoms with E-state index in [0.29, 0.717) is 18.0 Å². The van der Waals surface area contributed by atoms with Crippen LogP contribution in [0, 0.1) is 45.4 Å². The largest absolute Gasteiger partial charge is 0.460 e. The molecule has 15 heteroatoms. The van der Waals surface area contributed by atoms with Crippen molar-refractivity contribution >= 4 is 74.9 Å². The van der Waals surface area contributed by atoms with E-state index in [0.717, 1.165) is 78.2 Å². The maximum absolute atomic E-state index is 12.8. The third kappa shape index (κ3) is 13.4. The van der Waals surface area contributed by atoms with Gasteiger partial charge in [0.1, 0.15) is 50.8 Å². The van der Waals surface area contributed by atoms with E-state index in [4.69, 9.17) is 35.4 Å². The first-order chi connectivity index (χ1) is 33.0. The van der Waals surface area contributed by atoms with Crippen LogP contribution in [0.2, 0.25) is 0 Å². The number of benzene rings is 2. The van der Waals surface area contributed by atoms with Crippen molar-refractivity contribution in [3.8, 4) is 5.00 Å². The zero-order valence-corrected chi connectivity index (χ0v) is 44.5. The summed E-state index contributed by atoms with van der Waals surface area (Å²) in [5.74, 6) is 1.01. The highest BCUT2D eigenvalue weighted by Crippen LogP contribution is 2.42. The van der Waals surface area contributed by atoms with Crippen molar-refractivity contribution in [1.82, 2.24) is 14.8 Å². The number of thiophene rings is 2. The molecule has 5 aromatic rings. The van der Waals surface area contributed by atoms with Gasteiger partial charge in [-0.05, 0) is 118 Å². The number of aryl methyl sites for hydroxylation is 3. The summed E-state index contributed by atoms with van der Waals surface area (Å²) in [4.78, 5) is 39.6. The molecular weight excluding hydrogens is 929 g/mol. The second kappa shape index (κ2) is 23.4. The molecule has 0 saturated carbocycles. The summed E-state index contributed by atoms with van der Waals surface area (Å²) in [6.45, 7) is 25.3. The molecule has 0 bridgehead atoms. The molecule has 0 radical (unpaired) electrons. The molecule has 0 amide bonds. The Morgan fingerprint density at radius 2 is 1.17 bits per heavy atom. The maximum atomic E-state index is 12.8. The van der Waals surface area contributed by atoms with E-state index in [2.05, 4.69) is 72.0 Å². The number of fused-ring (bicyclic) bond motifs is 4. The first kappa shape index (κ1) is 55.8. The zero-order chi connectivity index (χ0) is 51.2. The van der Waals surface area contributed by atoms with Crippen LogP contribution in [0.5, 0.6) is 0 Å². The summed E-state index contributed by atoms with van der Waals surface area (Å²) < 4.78 is 13.2. The number of amidine groups is 2. The lowest BCUT2D eigenvalue weighted by atomic mass is 9.98. The number of hydrogen-bond donors (Lipinski definition) is 3. The summed E-state index contributed by atoms with van der Waals surface area (Å²) in [5, 5.41) is 37.0. The average Bonchev–Trinajstić information content (AvgIpc) is 3.83. The lowest BCUT2D eigenvalue weighted by molar-refractivity contribution is -0.156. The number of nitrogens with one attached hydrogen (secondary N) is 2. The van der Waals surface area contributed by atoms with Crippen LogP contribution in [0.1, 0.15) is 167 Å². The summed E-state index contributed by atoms with van der Waals surface area (Å²) >= 11 is 3.24. The number of ether oxygens (including phenoxy) is 2. The Morgan fingerprint density at radius 3 is 1.63 bits per heavy atom. The summed E-state index contributed by atoms with van der Waals surface area (Å²) in [5.41, 5.74) is 8.64. The van der Waals surface area contributed by atoms with Gasteiger partial charge < -0.3 is 14.6 Å². The molecule has 0 aliphatic carbocycles. The topological polar surface area (TPSA) is 179 Å². The smallest absolute Gasteiger partial charge is 0.308 e. The minimum absolute atomic E-state index is 0. The molecule has 71 heavy (non-hydrogen) atoms. The minimum Gasteiger partial charge on any atom is -0.460 e. The van der Waals surface area contributed by atoms with Gasteiger partial charge in [0.2, 0.25) is 0 Å². The molecule has 2 aromatic carbocycles. The molecule has 0 unspecified atom stereocenters. The number of allylic oxidation sites excluding steroid dienone is 1. The molecule has 378 valence electrons. The molecule has 5 heterocycles. The number of nitrogens with zero attached hydrogens (tertiary/aromatic N) is 6. The van der Waals surface area contributed by atoms with Crippen molar-refractivity contribution < 1.29 is 24.2 Å². The number of carbonyl (C=O) groups is 2. The predicted molar refractivity (Wildman–Crippen MR) is 294 cm³/mol. The van der Waals surface area contributed by atoms with Crippen LogP contribution in [0.3, 0.4) is 0 Å². The van der Waals surface area contributed by atoms with Crippen LogP contribution in [0.25, 0.3) is 17.2 Å². The van der Waals surface area contributed by atoms with Crippen molar-refractivity contribution in [2.24, 2.45) is 9.98 Å². The highest BCUT2D eigenvalue weighted by atomic mass is 32.1. The normalized spacial score (nSPS) is 15.6. The van der Waals surface area contributed by atoms with Crippen molar-refractivity contribution in [1.29, 1.82) is 10.8 Å². The van der Waals surface area contributed by atoms with E-state index in [9.17, 15) is 9.59 Å². The summed E-state index contributed by atoms with van der Waals surface area (Å²) in [6.07, 6.45) is 11.1. The molecule has 3 N–H and O–H groups in total. The highest BCUT2D eigenvalue weighted by Gasteiger charge is 2.37. The van der Waals surface area contributed by atoms with Crippen molar-refractivity contribution in [3.63, 3.8) is 0 Å². The van der Waals surface area contributed by atoms with Crippen molar-refractivity contribution in [2.75, 3.05) is 11.5 Å². The van der Waals surface area contributed by atoms with E-state index in [1.54, 1.807) is 23.2 Å². The molecule has 0 spiro atoms. The lowest BCUT2D eigenvalue weighted by Crippen LogP contribution is -2.41. The number of aliphatic imine (C=N–C) groups is 2. The molecule has 13 nitrogen and oxygen atoms in total. The molecule has 0 fully saturated rings. The van der Waals surface area contributed by atoms with Gasteiger partial charge >= 0.3 is 11.9 Å². The Morgan fingerprint density at radius 1 is 0.718 bits per heavy atom. The van der Waals surface area contributed by atoms with Crippen LogP contribution in [0.4, 0.5) is 5.00 Å². The number of esters is 2. The van der Waals surface area contributed by atoms with Gasteiger partial charge in [0.15, 0.2) is 5.82 Å². The van der Waals surface area contributed by atoms with Crippen LogP contribution in [0.15, 0.2) is 70.7 Å². The number of hydrogen-bond acceptors (Lipinski definition) is 13. The first-order valence-corrected chi connectivity index (χ1v) is 25.5. The maximum Gasteiger partial charge on any atom is 0.308 e. The van der Waals surface area contributed by atoms with Gasteiger partial charge in [-0.25, -0.2) is 0 Å². The van der Waals surface area contributed by atoms with Gasteiger partial charge in [-0.3, -0.25) is 39.9 Å². The Labute approximate surface area is 428 Å². The SMILES string of the molecule is C.CC(=N)N1C(=N)[C@H](CC(=O)OC(C)(C)C)N=C(c2ccc(/C=C/CCO)cc2)c2c1sc(C)c2C.CCC/C=C/c1ccc(C2=N[C@@H](CC(=O)OC(C)(C)C)c3nnc(C)n3-c3sc(C)c(C)c32)cc1. The molecule has 7 rings (SSSR count). The summed E-state index contributed by atoms with van der Waals surface area (Å²) in [7, 11) is 0. The lowest BCUT2D eigenvalue weighted by Gasteiger charge is -2.25. The van der Waals surface area contributed by atoms with Crippen LogP contribution < -0.4 is 4.90 Å². The Hall–Kier alpha value is -6.16. The fourth-order valence-corrected chi connectivity index (χ4v) is 10.5. The fraction of sp³-hybridized carbons (Fsp3) is 0.429. The van der Waals surface area contributed by atoms with E-state index in [-0.39, 0.29) is 44.5 Å². The molecule has 2 aliphatic rings. The van der Waals surface area contributed by atoms with Crippen molar-refractivity contribution in [3.05, 3.63) is 127 Å². The number of carbonyl (C=O) groups excluding carboxylic acids is 2. The number of aliphatic hydroxyl groups is 1. The molecular formula is C56H72N8O5S2. The van der Waals surface area contributed by atoms with Crippen LogP contribution >= 0.6 is 22.7 Å². The van der Waals surface area contributed by atoms with Gasteiger partial charge in [-0.15, -0.1) is 32.9 Å². The highest BCUT2D eigenvalue weighted by molar-refractivity contribution is 7.17. The molecule has 3 aromatic heterocycles. The average molecular weight is 1000 g/mol. The zero-order valence-electron chi connectivity index (χ0n) is 42.9. The Kier molecular flexibility index (Phi) is 18.4. The number of aromatic nitrogens is 3. The van der Waals surface area contributed by atoms with E-state index >= 15 is 0 Å². The second-order valence-electron chi connectivity index (χ2n) is 19.6. The molecule has 2 aliphatic heterocycles. The number of anilines is 1. The first-order valence-electron chi connectivity index (χ1n) is 23.8. The summed E-state index contributed by atoms with van der Waals surface area (Å²) in [6, 6.07) is 15.1. The standard InChI is InChI=1S/C28H34N4O2S.C27H34N4O3S.CH4/c1-8-9-10-11-20-12-14-21(15-13-20)25-24-17(2)18(3)35-27(24)32-19(4)30-31-26(32)22(29-25)16-23(33)34-28(5,6)7;1-16-17(2)35-26-23(16)24(20-12-10-19(11-13-20)9-7-8-14-32)30-21(25(29)31(26)18(3)28)15-22(33)34-27(4,5)6;/h10-15,22H,8-9,16H2,1-7H3;7,9-13,21,28-29,32H,8,14-15H2,1-6H3;1H4/b11-10+;9-7+,28-18?,29-25?;/t22-;21-;/m00./s1. The number of rotatable bonds is 12. The molecule has 2 atom stereocenters. The predicted octanol–water partition coefficient (Wildman–Crippen LogP) is 12.8. The van der Waals surface area contributed by atoms with Gasteiger partial charge in [-0.2, -0.15) is 0 Å². The third-order valence-corrected chi connectivity index (χ3v) is 13.9. The molecule has 0 saturated heterocycles. The van der Waals surface area contributed by atoms with E-state index < -0.39 is 29.3 Å². The van der Waals surface area contributed by atoms with Gasteiger partial charge in [-0.1, -0.05) is 93.6 Å². The Bertz CT molecular complexity index is 2870.